The van der Waals surface area contributed by atoms with Crippen LogP contribution in [0.25, 0.3) is 0 Å². The van der Waals surface area contributed by atoms with Crippen LogP contribution in [0, 0.1) is 0 Å². The second kappa shape index (κ2) is 63.4. The van der Waals surface area contributed by atoms with Crippen LogP contribution in [0.2, 0.25) is 0 Å². The minimum atomic E-state index is -4.80. The Kier molecular flexibility index (Phi) is 60.5. The zero-order valence-corrected chi connectivity index (χ0v) is 62.6. The van der Waals surface area contributed by atoms with Gasteiger partial charge in [-0.05, 0) is 116 Å². The summed E-state index contributed by atoms with van der Waals surface area (Å²) in [6.07, 6.45) is 65.8. The first kappa shape index (κ1) is 87.7. The fraction of sp³-hybridized carbons (Fsp3) is 0.911. The third-order valence-corrected chi connectivity index (χ3v) is 20.9. The van der Waals surface area contributed by atoms with E-state index in [4.69, 9.17) is 4.74 Å². The average Bonchev–Trinajstić information content (AvgIpc) is 0.896. The van der Waals surface area contributed by atoms with E-state index < -0.39 is 21.0 Å². The maximum Gasteiger partial charge on any atom is 0.307 e. The molecule has 0 aromatic carbocycles. The second-order valence-electron chi connectivity index (χ2n) is 28.2. The second-order valence-corrected chi connectivity index (χ2v) is 29.8. The van der Waals surface area contributed by atoms with E-state index in [1.165, 1.54) is 199 Å². The summed E-state index contributed by atoms with van der Waals surface area (Å²) in [7, 11) is -4.80. The number of hydrogen-bond acceptors (Lipinski definition) is 9. The molecule has 1 aliphatic rings. The molecule has 92 heavy (non-hydrogen) atoms. The maximum atomic E-state index is 14.4. The van der Waals surface area contributed by atoms with E-state index in [1.54, 1.807) is 0 Å². The lowest BCUT2D eigenvalue weighted by Crippen LogP contribution is -2.54. The predicted octanol–water partition coefficient (Wildman–Crippen LogP) is 21.2. The van der Waals surface area contributed by atoms with Gasteiger partial charge in [0.1, 0.15) is 0 Å². The molecule has 1 fully saturated rings. The third kappa shape index (κ3) is 50.1. The summed E-state index contributed by atoms with van der Waals surface area (Å²) in [4.78, 5) is 51.6. The summed E-state index contributed by atoms with van der Waals surface area (Å²) in [5, 5.41) is 0. The van der Waals surface area contributed by atoms with Crippen LogP contribution >= 0.6 is 0 Å². The molecule has 0 radical (unpaired) electrons. The number of esters is 1. The Hall–Kier alpha value is -2.32. The quantitative estimate of drug-likeness (QED) is 0.0272. The average molecular weight is 1320 g/mol. The SMILES string of the molecule is CCCC/C=C\CCCCCCCCN(CCCC(CCCCCCCC/C=C\CCCC)(OC(=O)CCCCCCCCC)S(=O)(=O)O)CC(=O)N1CCN(C(=O)CN(CCCCCCCCC)CCN(CCCCCCCCC)CCCCCCCCC)CC1. The number of amides is 2. The molecule has 1 N–H and O–H groups in total. The molecule has 542 valence electrons. The van der Waals surface area contributed by atoms with Crippen molar-refractivity contribution in [1.82, 2.24) is 24.5 Å². The predicted molar refractivity (Wildman–Crippen MR) is 395 cm³/mol. The molecular formula is C79H153N5O7S. The minimum Gasteiger partial charge on any atom is -0.440 e. The van der Waals surface area contributed by atoms with Gasteiger partial charge in [-0.1, -0.05) is 297 Å². The number of carbonyl (C=O) groups is 3. The van der Waals surface area contributed by atoms with Crippen molar-refractivity contribution in [2.75, 3.05) is 85.1 Å². The highest BCUT2D eigenvalue weighted by Crippen LogP contribution is 2.33. The highest BCUT2D eigenvalue weighted by atomic mass is 32.2. The molecule has 0 aromatic rings. The molecule has 1 atom stereocenters. The molecule has 1 heterocycles. The monoisotopic (exact) mass is 1320 g/mol. The smallest absolute Gasteiger partial charge is 0.307 e. The fourth-order valence-corrected chi connectivity index (χ4v) is 14.2. The van der Waals surface area contributed by atoms with Crippen LogP contribution in [0.1, 0.15) is 375 Å². The van der Waals surface area contributed by atoms with Crippen LogP contribution in [0.15, 0.2) is 24.3 Å². The normalized spacial score (nSPS) is 13.9. The number of ether oxygens (including phenoxy) is 1. The maximum absolute atomic E-state index is 14.4. The molecule has 1 aliphatic heterocycles. The van der Waals surface area contributed by atoms with Gasteiger partial charge in [-0.3, -0.25) is 28.7 Å². The van der Waals surface area contributed by atoms with Crippen molar-refractivity contribution in [3.05, 3.63) is 24.3 Å². The summed E-state index contributed by atoms with van der Waals surface area (Å²) in [6, 6.07) is 0. The van der Waals surface area contributed by atoms with Crippen molar-refractivity contribution in [2.45, 2.75) is 380 Å². The van der Waals surface area contributed by atoms with Gasteiger partial charge in [-0.2, -0.15) is 8.42 Å². The van der Waals surface area contributed by atoms with Gasteiger partial charge in [-0.25, -0.2) is 0 Å². The fourth-order valence-electron chi connectivity index (χ4n) is 13.2. The van der Waals surface area contributed by atoms with E-state index in [1.807, 2.05) is 9.80 Å². The first-order chi connectivity index (χ1) is 44.9. The van der Waals surface area contributed by atoms with Crippen molar-refractivity contribution < 1.29 is 32.1 Å². The molecule has 0 aromatic heterocycles. The number of piperazine rings is 1. The van der Waals surface area contributed by atoms with Crippen LogP contribution in [0.3, 0.4) is 0 Å². The van der Waals surface area contributed by atoms with Crippen LogP contribution < -0.4 is 0 Å². The van der Waals surface area contributed by atoms with Crippen LogP contribution in [-0.4, -0.2) is 145 Å². The van der Waals surface area contributed by atoms with Gasteiger partial charge in [0.15, 0.2) is 0 Å². The Bertz CT molecular complexity index is 1820. The van der Waals surface area contributed by atoms with E-state index in [0.717, 1.165) is 129 Å². The van der Waals surface area contributed by atoms with E-state index in [2.05, 4.69) is 80.5 Å². The Morgan fingerprint density at radius 2 is 0.620 bits per heavy atom. The molecule has 1 unspecified atom stereocenters. The van der Waals surface area contributed by atoms with Gasteiger partial charge < -0.3 is 19.4 Å². The van der Waals surface area contributed by atoms with Crippen molar-refractivity contribution >= 4 is 27.9 Å². The summed E-state index contributed by atoms with van der Waals surface area (Å²) in [6.45, 7) is 22.4. The van der Waals surface area contributed by atoms with E-state index in [9.17, 15) is 27.4 Å². The number of nitrogens with zero attached hydrogens (tertiary/aromatic N) is 5. The van der Waals surface area contributed by atoms with Crippen molar-refractivity contribution in [1.29, 1.82) is 0 Å². The number of rotatable bonds is 69. The van der Waals surface area contributed by atoms with Crippen LogP contribution in [-0.2, 0) is 29.2 Å². The summed E-state index contributed by atoms with van der Waals surface area (Å²) < 4.78 is 44.5. The van der Waals surface area contributed by atoms with Crippen molar-refractivity contribution in [2.24, 2.45) is 0 Å². The van der Waals surface area contributed by atoms with Gasteiger partial charge in [-0.15, -0.1) is 0 Å². The van der Waals surface area contributed by atoms with Gasteiger partial charge in [0.25, 0.3) is 0 Å². The number of carbonyl (C=O) groups excluding carboxylic acids is 3. The van der Waals surface area contributed by atoms with Crippen LogP contribution in [0.4, 0.5) is 0 Å². The zero-order chi connectivity index (χ0) is 67.1. The number of allylic oxidation sites excluding steroid dienone is 4. The Morgan fingerprint density at radius 3 is 0.989 bits per heavy atom. The highest BCUT2D eigenvalue weighted by molar-refractivity contribution is 7.87. The van der Waals surface area contributed by atoms with Gasteiger partial charge in [0.05, 0.1) is 13.1 Å². The largest absolute Gasteiger partial charge is 0.440 e. The molecule has 0 spiro atoms. The molecule has 2 amide bonds. The highest BCUT2D eigenvalue weighted by Gasteiger charge is 2.46. The summed E-state index contributed by atoms with van der Waals surface area (Å²) in [5.74, 6) is -0.361. The first-order valence-electron chi connectivity index (χ1n) is 40.1. The van der Waals surface area contributed by atoms with Gasteiger partial charge in [0, 0.05) is 58.5 Å². The van der Waals surface area contributed by atoms with E-state index in [0.29, 0.717) is 65.1 Å². The lowest BCUT2D eigenvalue weighted by Gasteiger charge is -2.37. The molecule has 12 nitrogen and oxygen atoms in total. The molecule has 13 heteroatoms. The minimum absolute atomic E-state index is 0.0241. The first-order valence-corrected chi connectivity index (χ1v) is 41.5. The van der Waals surface area contributed by atoms with Crippen molar-refractivity contribution in [3.8, 4) is 0 Å². The lowest BCUT2D eigenvalue weighted by molar-refractivity contribution is -0.154. The Labute approximate surface area is 571 Å². The van der Waals surface area contributed by atoms with Crippen LogP contribution in [0.5, 0.6) is 0 Å². The Morgan fingerprint density at radius 1 is 0.348 bits per heavy atom. The van der Waals surface area contributed by atoms with E-state index >= 15 is 0 Å². The number of unbranched alkanes of at least 4 members (excludes halogenated alkanes) is 40. The molecule has 0 bridgehead atoms. The van der Waals surface area contributed by atoms with E-state index in [-0.39, 0.29) is 37.6 Å². The van der Waals surface area contributed by atoms with Gasteiger partial charge >= 0.3 is 16.1 Å². The Balaban J connectivity index is 3.22. The molecule has 0 aliphatic carbocycles. The molecular weight excluding hydrogens is 1160 g/mol. The molecule has 1 rings (SSSR count). The third-order valence-electron chi connectivity index (χ3n) is 19.5. The lowest BCUT2D eigenvalue weighted by atomic mass is 10.0. The standard InChI is InChI=1S/C79H153N5O7S/c1-7-13-19-25-31-33-35-37-39-42-48-54-61-79(92(88,89)90,91-78(87)60-53-47-41-27-21-15-9-3)62-59-67-81(65-57-52-46-40-38-36-34-32-26-20-14-8-2)74-76(85)83-70-72-84(73-71-83)77(86)75-82(66-58-51-45-30-24-18-12-6)69-68-80(63-55-49-43-28-22-16-10-4)64-56-50-44-29-23-17-11-5/h25-26,31-32H,7-24,27-30,33-75H2,1-6H3,(H,88,89,90)/b31-25-,32-26-. The summed E-state index contributed by atoms with van der Waals surface area (Å²) in [5.41, 5.74) is 0. The van der Waals surface area contributed by atoms with Crippen molar-refractivity contribution in [3.63, 3.8) is 0 Å². The van der Waals surface area contributed by atoms with Gasteiger partial charge in [0.2, 0.25) is 16.7 Å². The topological polar surface area (TPSA) is 131 Å². The molecule has 1 saturated heterocycles. The molecule has 0 saturated carbocycles. The zero-order valence-electron chi connectivity index (χ0n) is 61.8. The summed E-state index contributed by atoms with van der Waals surface area (Å²) >= 11 is 0. The number of hydrogen-bond donors (Lipinski definition) is 1.